The fourth-order valence-electron chi connectivity index (χ4n) is 13.6. The monoisotopic (exact) mass is 2340 g/mol. The molecule has 3 fully saturated rings. The van der Waals surface area contributed by atoms with Gasteiger partial charge >= 0.3 is 159 Å². The molecule has 4 aromatic carbocycles. The van der Waals surface area contributed by atoms with E-state index in [-0.39, 0.29) is 204 Å². The molecule has 2 N–H and O–H groups in total. The summed E-state index contributed by atoms with van der Waals surface area (Å²) >= 11 is 12.4. The number of halogens is 4. The maximum atomic E-state index is 12.5. The van der Waals surface area contributed by atoms with Crippen LogP contribution in [0.4, 0.5) is 4.39 Å². The quantitative estimate of drug-likeness (QED) is 0.0285. The number of nitrogens with one attached hydrogen (secondary N) is 1. The average molecular weight is 2350 g/mol. The van der Waals surface area contributed by atoms with E-state index in [0.29, 0.717) is 71.6 Å². The summed E-state index contributed by atoms with van der Waals surface area (Å²) < 4.78 is 64.3. The molecule has 19 rings (SSSR count). The van der Waals surface area contributed by atoms with Crippen LogP contribution >= 0.6 is 43.5 Å². The van der Waals surface area contributed by atoms with Crippen molar-refractivity contribution in [1.29, 1.82) is 0 Å². The second-order valence-electron chi connectivity index (χ2n) is 35.1. The molecule has 0 saturated carbocycles. The smallest absolute Gasteiger partial charge is 1.00 e. The summed E-state index contributed by atoms with van der Waals surface area (Å²) in [6.45, 7) is 25.1. The Morgan fingerprint density at radius 1 is 0.431 bits per heavy atom. The Morgan fingerprint density at radius 3 is 0.979 bits per heavy atom. The van der Waals surface area contributed by atoms with Crippen molar-refractivity contribution in [1.82, 2.24) is 119 Å². The van der Waals surface area contributed by atoms with Crippen LogP contribution in [0.2, 0.25) is 0 Å². The molecular weight excluding hydrogens is 2240 g/mol. The van der Waals surface area contributed by atoms with Gasteiger partial charge in [-0.1, -0.05) is 80.2 Å². The van der Waals surface area contributed by atoms with Gasteiger partial charge in [0.15, 0.2) is 29.0 Å². The van der Waals surface area contributed by atoms with Crippen LogP contribution in [0.5, 0.6) is 5.75 Å². The number of hydrogen-bond donors (Lipinski definition) is 2. The molecule has 0 bridgehead atoms. The van der Waals surface area contributed by atoms with Gasteiger partial charge < -0.3 is 44.6 Å². The fourth-order valence-corrected chi connectivity index (χ4v) is 14.2. The molecule has 16 aromatic rings. The number of benzene rings is 4. The Balaban J connectivity index is 0.000000215. The SMILES string of the molecule is C.CC1(C)OB(B2OC(C)(C)C(C)(C)O2)OC1(C)C.ClCc1cccc(-c2ncc(Br)cn2)c1.Cn1cc(-c2ccc(=O)[nH]n2)cn1.Cn1cc(-c2ccc(=O)n(Cc3cccc(-c4ncc(B5OC(C)(C)C(C)(C)O5)cn4)c3)n2)cn1.Cn1cc(-c2ccc(=O)n(Cc3cccc(-c4ncc(Br)cn4)c3)n2)cn1.Cn1cc(-c2ccc(=O)n(Cc3cccc(-c4ncc(O)cn4)c3)n2)cn1.O=CO[O-].[2H]CF.[Cs+].[Cs+].[H-]. The molecule has 3 aliphatic rings. The van der Waals surface area contributed by atoms with E-state index in [1.807, 2.05) is 233 Å². The van der Waals surface area contributed by atoms with Gasteiger partial charge in [-0.25, -0.2) is 59.0 Å². The van der Waals surface area contributed by atoms with Gasteiger partial charge in [-0.2, -0.15) is 40.8 Å². The van der Waals surface area contributed by atoms with Crippen LogP contribution in [0, 0.1) is 0 Å². The molecular formula is C97H107B3Br2ClCs2FN24O14. The first-order valence-corrected chi connectivity index (χ1v) is 45.8. The van der Waals surface area contributed by atoms with E-state index in [0.717, 1.165) is 81.2 Å². The van der Waals surface area contributed by atoms with E-state index < -0.39 is 39.5 Å². The second kappa shape index (κ2) is 53.1. The van der Waals surface area contributed by atoms with Crippen molar-refractivity contribution in [3.05, 3.63) is 317 Å². The van der Waals surface area contributed by atoms with Gasteiger partial charge in [0, 0.05) is 170 Å². The van der Waals surface area contributed by atoms with E-state index in [2.05, 4.69) is 123 Å². The Labute approximate surface area is 974 Å². The molecule has 0 unspecified atom stereocenters. The van der Waals surface area contributed by atoms with Crippen LogP contribution in [0.1, 0.15) is 116 Å². The largest absolute Gasteiger partial charge is 1.00 e. The fraction of sp³-hybridized carbons (Fsp3) is 0.289. The average Bonchev–Trinajstić information content (AvgIpc) is 1.59. The van der Waals surface area contributed by atoms with Crippen LogP contribution in [-0.4, -0.2) is 192 Å². The third-order valence-corrected chi connectivity index (χ3v) is 24.2. The first-order chi connectivity index (χ1) is 67.5. The van der Waals surface area contributed by atoms with Gasteiger partial charge in [0.25, 0.3) is 28.7 Å². The minimum atomic E-state index is -1.00. The van der Waals surface area contributed by atoms with Crippen LogP contribution in [0.15, 0.2) is 273 Å². The number of H-pyrrole nitrogens is 1. The molecule has 38 nitrogen and oxygen atoms in total. The molecule has 15 heterocycles. The van der Waals surface area contributed by atoms with Gasteiger partial charge in [-0.05, 0) is 186 Å². The number of carbonyl (C=O) groups is 1. The number of rotatable bonds is 18. The third-order valence-electron chi connectivity index (χ3n) is 23.1. The van der Waals surface area contributed by atoms with Crippen molar-refractivity contribution >= 4 is 76.5 Å². The normalized spacial score (nSPS) is 14.4. The summed E-state index contributed by atoms with van der Waals surface area (Å²) in [5.74, 6) is 2.94. The van der Waals surface area contributed by atoms with Crippen LogP contribution in [-0.2, 0) is 91.3 Å². The molecule has 738 valence electrons. The van der Waals surface area contributed by atoms with E-state index >= 15 is 0 Å². The number of aryl methyl sites for hydroxylation is 4. The number of nitrogens with zero attached hydrogens (tertiary/aromatic N) is 23. The van der Waals surface area contributed by atoms with Gasteiger partial charge in [-0.15, -0.1) is 11.6 Å². The van der Waals surface area contributed by atoms with Crippen LogP contribution in [0.25, 0.3) is 90.6 Å². The van der Waals surface area contributed by atoms with Crippen molar-refractivity contribution in [2.45, 2.75) is 150 Å². The predicted octanol–water partition coefficient (Wildman–Crippen LogP) is 7.06. The summed E-state index contributed by atoms with van der Waals surface area (Å²) in [6.07, 6.45) is 27.3. The Bertz CT molecular complexity index is 6940. The molecule has 0 atom stereocenters. The summed E-state index contributed by atoms with van der Waals surface area (Å²) in [4.78, 5) is 93.3. The molecule has 0 radical (unpaired) electrons. The number of aromatic nitrogens is 24. The third kappa shape index (κ3) is 31.8. The standard InChI is InChI=1S/C25H27BN6O3.C19H15BrN6O.C19H16N6O2.C12H24B2O4.C11H8BrClN2.C8H8N4O.CH3F.CH2O3.CH4.2Cs.H/c1-24(2)25(3,4)35-26(34-24)20-13-27-23(28-14-20)18-8-6-7-17(11-18)15-32-22(33)10-9-21(30-32)19-12-29-31(5)16-19;1-25-12-15(8-23-25)17-5-6-18(27)26(24-17)11-13-3-2-4-14(7-13)19-21-9-16(20)10-22-19;1-24-12-15(8-22-24)17-5-6-18(27)25(23-17)11-13-3-2-4-14(7-13)19-20-9-16(26)10-21-19;1-9(2)10(3,4)16-13(15-9)14-17-11(5,6)12(7,8)18-14;12-10-6-14-11(15-7-10)9-3-1-2-8(4-9)5-13;1-12-5-6(4-9-12)7-2-3-8(13)11-10-7;1-2;2-1-4-3;;;;/h6-14,16H,15H2,1-5H3;2-10,12H,11H2,1H3;2-10,12,26H,11H2,1H3;1-8H3;1-4,6-7H,5H2;2-5H,1H3,(H,11,13);1H3;1,3H;1H4;;;/q;;;;;;;;;2*+1;-1/p-1/i;;;;;;1D;;;;;. The molecule has 0 amide bonds. The molecule has 0 spiro atoms. The first-order valence-electron chi connectivity index (χ1n) is 44.4. The van der Waals surface area contributed by atoms with E-state index in [1.165, 1.54) is 50.7 Å². The van der Waals surface area contributed by atoms with Crippen molar-refractivity contribution in [2.24, 2.45) is 28.2 Å². The number of hydrogen-bond acceptors (Lipinski definition) is 30. The zero-order valence-corrected chi connectivity index (χ0v) is 98.5. The maximum absolute atomic E-state index is 12.5. The van der Waals surface area contributed by atoms with Crippen LogP contribution in [0.3, 0.4) is 0 Å². The maximum Gasteiger partial charge on any atom is 1.00 e. The van der Waals surface area contributed by atoms with Gasteiger partial charge in [0.2, 0.25) is 0 Å². The summed E-state index contributed by atoms with van der Waals surface area (Å²) in [7, 11) is 4.88. The molecule has 3 aliphatic heterocycles. The van der Waals surface area contributed by atoms with Gasteiger partial charge in [0.05, 0.1) is 131 Å². The van der Waals surface area contributed by atoms with Crippen molar-refractivity contribution in [3.63, 3.8) is 0 Å². The predicted molar refractivity (Wildman–Crippen MR) is 543 cm³/mol. The Morgan fingerprint density at radius 2 is 0.701 bits per heavy atom. The van der Waals surface area contributed by atoms with E-state index in [4.69, 9.17) is 50.9 Å². The molecule has 0 aliphatic carbocycles. The molecule has 144 heavy (non-hydrogen) atoms. The van der Waals surface area contributed by atoms with Gasteiger partial charge in [0.1, 0.15) is 0 Å². The van der Waals surface area contributed by atoms with Gasteiger partial charge in [-0.3, -0.25) is 47.1 Å². The number of alkyl halides is 2. The van der Waals surface area contributed by atoms with Crippen molar-refractivity contribution in [3.8, 4) is 96.3 Å². The van der Waals surface area contributed by atoms with Crippen molar-refractivity contribution in [2.75, 3.05) is 7.15 Å². The minimum absolute atomic E-state index is 0. The molecule has 3 saturated heterocycles. The number of aromatic hydroxyl groups is 1. The Hall–Kier alpha value is -9.97. The molecule has 47 heteroatoms. The molecule has 12 aromatic heterocycles. The second-order valence-corrected chi connectivity index (χ2v) is 37.2. The zero-order valence-electron chi connectivity index (χ0n) is 84.0. The number of aromatic amines is 1. The van der Waals surface area contributed by atoms with Crippen molar-refractivity contribution < 1.29 is 193 Å². The first kappa shape index (κ1) is 116. The number of carbonyl (C=O) groups excluding carboxylic acids is 1. The minimum Gasteiger partial charge on any atom is -1.00 e. The summed E-state index contributed by atoms with van der Waals surface area (Å²) in [6, 6.07) is 43.8. The van der Waals surface area contributed by atoms with E-state index in [9.17, 15) is 28.7 Å². The zero-order chi connectivity index (χ0) is 102. The van der Waals surface area contributed by atoms with E-state index in [1.54, 1.807) is 105 Å². The summed E-state index contributed by atoms with van der Waals surface area (Å²) in [5.41, 5.74) is 11.3. The topological polar surface area (TPSA) is 450 Å². The summed E-state index contributed by atoms with van der Waals surface area (Å²) in [5, 5.41) is 53.9. The van der Waals surface area contributed by atoms with Crippen LogP contribution < -0.4 is 171 Å². The Kier molecular flexibility index (Phi) is 42.7.